The lowest BCUT2D eigenvalue weighted by molar-refractivity contribution is 0.497. The Labute approximate surface area is 150 Å². The highest BCUT2D eigenvalue weighted by atomic mass is 15.2. The number of hydrogen-bond donors (Lipinski definition) is 2. The van der Waals surface area contributed by atoms with E-state index in [-0.39, 0.29) is 0 Å². The molecule has 132 valence electrons. The first-order chi connectivity index (χ1) is 12.3. The van der Waals surface area contributed by atoms with E-state index in [1.54, 1.807) is 0 Å². The van der Waals surface area contributed by atoms with Gasteiger partial charge in [-0.2, -0.15) is 0 Å². The molecule has 25 heavy (non-hydrogen) atoms. The number of aromatic nitrogens is 1. The van der Waals surface area contributed by atoms with Crippen molar-refractivity contribution in [1.29, 1.82) is 0 Å². The fraction of sp³-hybridized carbons (Fsp3) is 0.476. The quantitative estimate of drug-likeness (QED) is 0.884. The van der Waals surface area contributed by atoms with Crippen molar-refractivity contribution in [1.82, 2.24) is 10.3 Å². The molecule has 4 rings (SSSR count). The number of aryl methyl sites for hydroxylation is 1. The maximum Gasteiger partial charge on any atom is 0.133 e. The molecule has 4 heteroatoms. The van der Waals surface area contributed by atoms with Crippen LogP contribution in [0.1, 0.15) is 48.5 Å². The van der Waals surface area contributed by atoms with E-state index in [9.17, 15) is 0 Å². The van der Waals surface area contributed by atoms with Crippen LogP contribution in [0.25, 0.3) is 0 Å². The predicted molar refractivity (Wildman–Crippen MR) is 104 cm³/mol. The number of rotatable bonds is 4. The monoisotopic (exact) mass is 336 g/mol. The van der Waals surface area contributed by atoms with Gasteiger partial charge in [-0.3, -0.25) is 0 Å². The Bertz CT molecular complexity index is 722. The van der Waals surface area contributed by atoms with E-state index in [2.05, 4.69) is 58.9 Å². The summed E-state index contributed by atoms with van der Waals surface area (Å²) in [6.45, 7) is 6.29. The average Bonchev–Trinajstić information content (AvgIpc) is 3.09. The molecular formula is C21H28N4. The zero-order valence-electron chi connectivity index (χ0n) is 15.1. The van der Waals surface area contributed by atoms with E-state index in [4.69, 9.17) is 4.98 Å². The smallest absolute Gasteiger partial charge is 0.133 e. The predicted octanol–water partition coefficient (Wildman–Crippen LogP) is 4.03. The molecule has 1 saturated heterocycles. The lowest BCUT2D eigenvalue weighted by atomic mass is 10.0. The van der Waals surface area contributed by atoms with Gasteiger partial charge in [-0.1, -0.05) is 24.3 Å². The normalized spacial score (nSPS) is 20.0. The van der Waals surface area contributed by atoms with E-state index in [1.165, 1.54) is 48.3 Å². The topological polar surface area (TPSA) is 40.2 Å². The molecule has 4 nitrogen and oxygen atoms in total. The summed E-state index contributed by atoms with van der Waals surface area (Å²) in [6.07, 6.45) is 4.92. The first-order valence-electron chi connectivity index (χ1n) is 9.59. The number of anilines is 2. The van der Waals surface area contributed by atoms with Gasteiger partial charge in [0.1, 0.15) is 5.82 Å². The van der Waals surface area contributed by atoms with Gasteiger partial charge in [0.15, 0.2) is 0 Å². The Morgan fingerprint density at radius 2 is 1.96 bits per heavy atom. The molecule has 0 amide bonds. The molecule has 2 aliphatic rings. The van der Waals surface area contributed by atoms with Crippen LogP contribution >= 0.6 is 0 Å². The first-order valence-corrected chi connectivity index (χ1v) is 9.59. The van der Waals surface area contributed by atoms with Crippen LogP contribution in [-0.4, -0.2) is 24.6 Å². The maximum absolute atomic E-state index is 4.86. The minimum absolute atomic E-state index is 0.402. The second-order valence-corrected chi connectivity index (χ2v) is 7.22. The summed E-state index contributed by atoms with van der Waals surface area (Å²) in [5, 5.41) is 7.37. The van der Waals surface area contributed by atoms with Crippen LogP contribution in [0.5, 0.6) is 0 Å². The summed E-state index contributed by atoms with van der Waals surface area (Å²) in [5.41, 5.74) is 5.10. The van der Waals surface area contributed by atoms with Crippen molar-refractivity contribution in [3.05, 3.63) is 53.2 Å². The van der Waals surface area contributed by atoms with Crippen LogP contribution in [0.3, 0.4) is 0 Å². The third-order valence-electron chi connectivity index (χ3n) is 5.36. The molecule has 2 N–H and O–H groups in total. The molecule has 0 spiro atoms. The lowest BCUT2D eigenvalue weighted by Gasteiger charge is -2.23. The minimum atomic E-state index is 0.402. The highest BCUT2D eigenvalue weighted by Gasteiger charge is 2.20. The summed E-state index contributed by atoms with van der Waals surface area (Å²) < 4.78 is 0. The third kappa shape index (κ3) is 3.64. The standard InChI is InChI=1S/C21H28N4/c1-16-10-11-17(21(24-16)25-13-4-5-14-25)15-23-20-9-6-12-22-19-8-3-2-7-18(19)20/h2-3,7-8,10-11,20,22-23H,4-6,9,12-15H2,1H3. The van der Waals surface area contributed by atoms with Gasteiger partial charge in [-0.25, -0.2) is 4.98 Å². The van der Waals surface area contributed by atoms with Crippen molar-refractivity contribution in [3.63, 3.8) is 0 Å². The van der Waals surface area contributed by atoms with Gasteiger partial charge >= 0.3 is 0 Å². The molecule has 0 bridgehead atoms. The second kappa shape index (κ2) is 7.44. The van der Waals surface area contributed by atoms with E-state index in [1.807, 2.05) is 0 Å². The molecule has 2 aliphatic heterocycles. The molecule has 1 aromatic heterocycles. The molecule has 0 saturated carbocycles. The second-order valence-electron chi connectivity index (χ2n) is 7.22. The van der Waals surface area contributed by atoms with Crippen LogP contribution < -0.4 is 15.5 Å². The number of nitrogens with zero attached hydrogens (tertiary/aromatic N) is 2. The Hall–Kier alpha value is -2.07. The Balaban J connectivity index is 1.53. The Morgan fingerprint density at radius 3 is 2.84 bits per heavy atom. The molecule has 0 aliphatic carbocycles. The fourth-order valence-electron chi connectivity index (χ4n) is 4.00. The van der Waals surface area contributed by atoms with Crippen LogP contribution in [0, 0.1) is 6.92 Å². The zero-order valence-corrected chi connectivity index (χ0v) is 15.1. The van der Waals surface area contributed by atoms with Crippen molar-refractivity contribution >= 4 is 11.5 Å². The van der Waals surface area contributed by atoms with E-state index in [0.29, 0.717) is 6.04 Å². The van der Waals surface area contributed by atoms with Crippen molar-refractivity contribution in [2.45, 2.75) is 45.2 Å². The first kappa shape index (κ1) is 16.4. The number of pyridine rings is 1. The van der Waals surface area contributed by atoms with Crippen LogP contribution in [-0.2, 0) is 6.54 Å². The van der Waals surface area contributed by atoms with E-state index in [0.717, 1.165) is 31.9 Å². The highest BCUT2D eigenvalue weighted by Crippen LogP contribution is 2.30. The van der Waals surface area contributed by atoms with E-state index >= 15 is 0 Å². The molecule has 1 fully saturated rings. The molecule has 1 aromatic carbocycles. The van der Waals surface area contributed by atoms with Crippen molar-refractivity contribution in [2.75, 3.05) is 29.9 Å². The van der Waals surface area contributed by atoms with Crippen molar-refractivity contribution < 1.29 is 0 Å². The van der Waals surface area contributed by atoms with Gasteiger partial charge in [0.2, 0.25) is 0 Å². The van der Waals surface area contributed by atoms with Gasteiger partial charge in [0.25, 0.3) is 0 Å². The fourth-order valence-corrected chi connectivity index (χ4v) is 4.00. The zero-order chi connectivity index (χ0) is 17.1. The van der Waals surface area contributed by atoms with Gasteiger partial charge < -0.3 is 15.5 Å². The lowest BCUT2D eigenvalue weighted by Crippen LogP contribution is -2.25. The summed E-state index contributed by atoms with van der Waals surface area (Å²) in [5.74, 6) is 1.19. The largest absolute Gasteiger partial charge is 0.385 e. The molecule has 2 aromatic rings. The van der Waals surface area contributed by atoms with Crippen LogP contribution in [0.4, 0.5) is 11.5 Å². The van der Waals surface area contributed by atoms with Crippen molar-refractivity contribution in [2.24, 2.45) is 0 Å². The Kier molecular flexibility index (Phi) is 4.88. The number of fused-ring (bicyclic) bond motifs is 1. The van der Waals surface area contributed by atoms with Gasteiger partial charge in [-0.15, -0.1) is 0 Å². The minimum Gasteiger partial charge on any atom is -0.385 e. The number of benzene rings is 1. The highest BCUT2D eigenvalue weighted by molar-refractivity contribution is 5.53. The average molecular weight is 336 g/mol. The Morgan fingerprint density at radius 1 is 1.12 bits per heavy atom. The molecule has 0 radical (unpaired) electrons. The van der Waals surface area contributed by atoms with E-state index < -0.39 is 0 Å². The van der Waals surface area contributed by atoms with Gasteiger partial charge in [0, 0.05) is 49.2 Å². The van der Waals surface area contributed by atoms with Gasteiger partial charge in [0.05, 0.1) is 0 Å². The summed E-state index contributed by atoms with van der Waals surface area (Å²) in [6, 6.07) is 13.5. The van der Waals surface area contributed by atoms with Crippen molar-refractivity contribution in [3.8, 4) is 0 Å². The summed E-state index contributed by atoms with van der Waals surface area (Å²) in [4.78, 5) is 7.31. The number of nitrogens with one attached hydrogen (secondary N) is 2. The third-order valence-corrected chi connectivity index (χ3v) is 5.36. The molecule has 1 atom stereocenters. The van der Waals surface area contributed by atoms with Gasteiger partial charge in [-0.05, 0) is 50.3 Å². The SMILES string of the molecule is Cc1ccc(CNC2CCCNc3ccccc32)c(N2CCCC2)n1. The maximum atomic E-state index is 4.86. The number of hydrogen-bond acceptors (Lipinski definition) is 4. The summed E-state index contributed by atoms with van der Waals surface area (Å²) >= 11 is 0. The molecule has 3 heterocycles. The van der Waals surface area contributed by atoms with Crippen LogP contribution in [0.15, 0.2) is 36.4 Å². The summed E-state index contributed by atoms with van der Waals surface area (Å²) in [7, 11) is 0. The van der Waals surface area contributed by atoms with Crippen LogP contribution in [0.2, 0.25) is 0 Å². The molecular weight excluding hydrogens is 308 g/mol. The number of para-hydroxylation sites is 1. The molecule has 1 unspecified atom stereocenters.